The van der Waals surface area contributed by atoms with E-state index >= 15 is 0 Å². The first-order valence-electron chi connectivity index (χ1n) is 8.25. The summed E-state index contributed by atoms with van der Waals surface area (Å²) in [4.78, 5) is 35.7. The highest BCUT2D eigenvalue weighted by Gasteiger charge is 2.15. The number of amides is 1. The number of fused-ring (bicyclic) bond motifs is 1. The molecule has 1 heterocycles. The van der Waals surface area contributed by atoms with Crippen molar-refractivity contribution in [2.45, 2.75) is 6.42 Å². The number of para-hydroxylation sites is 1. The fourth-order valence-corrected chi connectivity index (χ4v) is 2.50. The van der Waals surface area contributed by atoms with E-state index < -0.39 is 18.5 Å². The van der Waals surface area contributed by atoms with Crippen LogP contribution in [-0.2, 0) is 16.0 Å². The van der Waals surface area contributed by atoms with Gasteiger partial charge < -0.3 is 14.5 Å². The van der Waals surface area contributed by atoms with Crippen LogP contribution in [0.15, 0.2) is 63.8 Å². The molecular weight excluding hydrogens is 353 g/mol. The molecule has 6 nitrogen and oxygen atoms in total. The van der Waals surface area contributed by atoms with Crippen molar-refractivity contribution in [2.24, 2.45) is 0 Å². The van der Waals surface area contributed by atoms with Crippen molar-refractivity contribution in [1.29, 1.82) is 0 Å². The van der Waals surface area contributed by atoms with Crippen LogP contribution in [0.3, 0.4) is 0 Å². The van der Waals surface area contributed by atoms with Crippen molar-refractivity contribution >= 4 is 22.8 Å². The zero-order valence-electron chi connectivity index (χ0n) is 14.2. The van der Waals surface area contributed by atoms with E-state index in [1.165, 1.54) is 6.07 Å². The van der Waals surface area contributed by atoms with Gasteiger partial charge in [-0.25, -0.2) is 9.18 Å². The molecule has 0 fully saturated rings. The highest BCUT2D eigenvalue weighted by Crippen LogP contribution is 2.12. The average molecular weight is 369 g/mol. The Morgan fingerprint density at radius 1 is 1.07 bits per heavy atom. The SMILES string of the molecule is O=C(COC(=O)c1cc(=O)c2ccccc2o1)NCCc1ccccc1F. The van der Waals surface area contributed by atoms with Crippen LogP contribution in [0.4, 0.5) is 4.39 Å². The molecule has 0 aliphatic carbocycles. The summed E-state index contributed by atoms with van der Waals surface area (Å²) in [7, 11) is 0. The second kappa shape index (κ2) is 8.27. The molecular formula is C20H16FNO5. The van der Waals surface area contributed by atoms with Crippen molar-refractivity contribution in [3.63, 3.8) is 0 Å². The molecule has 0 aliphatic heterocycles. The average Bonchev–Trinajstić information content (AvgIpc) is 2.67. The molecule has 0 atom stereocenters. The highest BCUT2D eigenvalue weighted by atomic mass is 19.1. The second-order valence-corrected chi connectivity index (χ2v) is 5.74. The van der Waals surface area contributed by atoms with Gasteiger partial charge in [-0.3, -0.25) is 9.59 Å². The highest BCUT2D eigenvalue weighted by molar-refractivity contribution is 5.90. The molecule has 1 N–H and O–H groups in total. The maximum atomic E-state index is 13.5. The Bertz CT molecular complexity index is 1040. The summed E-state index contributed by atoms with van der Waals surface area (Å²) >= 11 is 0. The molecule has 138 valence electrons. The van der Waals surface area contributed by atoms with Gasteiger partial charge in [0.15, 0.2) is 12.0 Å². The lowest BCUT2D eigenvalue weighted by atomic mass is 10.1. The Labute approximate surface area is 153 Å². The Morgan fingerprint density at radius 2 is 1.81 bits per heavy atom. The predicted molar refractivity (Wildman–Crippen MR) is 95.9 cm³/mol. The lowest BCUT2D eigenvalue weighted by Gasteiger charge is -2.07. The van der Waals surface area contributed by atoms with Crippen LogP contribution in [0.5, 0.6) is 0 Å². The van der Waals surface area contributed by atoms with Gasteiger partial charge in [0.1, 0.15) is 11.4 Å². The summed E-state index contributed by atoms with van der Waals surface area (Å²) in [5.74, 6) is -2.08. The van der Waals surface area contributed by atoms with Crippen LogP contribution >= 0.6 is 0 Å². The Balaban J connectivity index is 1.52. The van der Waals surface area contributed by atoms with Crippen molar-refractivity contribution in [3.05, 3.63) is 82.0 Å². The van der Waals surface area contributed by atoms with Crippen LogP contribution in [0, 0.1) is 5.82 Å². The number of carbonyl (C=O) groups excluding carboxylic acids is 2. The van der Waals surface area contributed by atoms with E-state index in [2.05, 4.69) is 5.32 Å². The van der Waals surface area contributed by atoms with Crippen molar-refractivity contribution in [1.82, 2.24) is 5.32 Å². The standard InChI is InChI=1S/C20H16FNO5/c21-15-7-3-1-5-13(15)9-10-22-19(24)12-26-20(25)18-11-16(23)14-6-2-4-8-17(14)27-18/h1-8,11H,9-10,12H2,(H,22,24). The van der Waals surface area contributed by atoms with E-state index in [0.717, 1.165) is 6.07 Å². The minimum Gasteiger partial charge on any atom is -0.450 e. The molecule has 3 aromatic rings. The number of halogens is 1. The van der Waals surface area contributed by atoms with E-state index in [-0.39, 0.29) is 29.1 Å². The normalized spacial score (nSPS) is 10.6. The lowest BCUT2D eigenvalue weighted by Crippen LogP contribution is -2.30. The van der Waals surface area contributed by atoms with Crippen LogP contribution < -0.4 is 10.7 Å². The fraction of sp³-hybridized carbons (Fsp3) is 0.150. The number of benzene rings is 2. The summed E-state index contributed by atoms with van der Waals surface area (Å²) in [5.41, 5.74) is 0.358. The molecule has 0 saturated carbocycles. The summed E-state index contributed by atoms with van der Waals surface area (Å²) < 4.78 is 23.7. The molecule has 1 amide bonds. The van der Waals surface area contributed by atoms with E-state index in [4.69, 9.17) is 9.15 Å². The van der Waals surface area contributed by atoms with Crippen molar-refractivity contribution in [2.75, 3.05) is 13.2 Å². The van der Waals surface area contributed by atoms with Gasteiger partial charge in [-0.2, -0.15) is 0 Å². The maximum absolute atomic E-state index is 13.5. The van der Waals surface area contributed by atoms with Crippen LogP contribution in [-0.4, -0.2) is 25.0 Å². The fourth-order valence-electron chi connectivity index (χ4n) is 2.50. The lowest BCUT2D eigenvalue weighted by molar-refractivity contribution is -0.124. The zero-order valence-corrected chi connectivity index (χ0v) is 14.2. The van der Waals surface area contributed by atoms with Gasteiger partial charge in [0.2, 0.25) is 5.76 Å². The third kappa shape index (κ3) is 4.58. The van der Waals surface area contributed by atoms with E-state index in [1.807, 2.05) is 0 Å². The third-order valence-electron chi connectivity index (χ3n) is 3.84. The summed E-state index contributed by atoms with van der Waals surface area (Å²) in [6.07, 6.45) is 0.311. The zero-order chi connectivity index (χ0) is 19.2. The van der Waals surface area contributed by atoms with Crippen LogP contribution in [0.2, 0.25) is 0 Å². The molecule has 0 aliphatic rings. The predicted octanol–water partition coefficient (Wildman–Crippen LogP) is 2.45. The van der Waals surface area contributed by atoms with Crippen molar-refractivity contribution in [3.8, 4) is 0 Å². The molecule has 0 bridgehead atoms. The molecule has 2 aromatic carbocycles. The molecule has 3 rings (SSSR count). The molecule has 0 unspecified atom stereocenters. The monoisotopic (exact) mass is 369 g/mol. The topological polar surface area (TPSA) is 85.6 Å². The summed E-state index contributed by atoms with van der Waals surface area (Å²) in [6, 6.07) is 13.8. The summed E-state index contributed by atoms with van der Waals surface area (Å²) in [5, 5.41) is 2.88. The van der Waals surface area contributed by atoms with Gasteiger partial charge in [-0.15, -0.1) is 0 Å². The van der Waals surface area contributed by atoms with Gasteiger partial charge in [-0.1, -0.05) is 30.3 Å². The van der Waals surface area contributed by atoms with Crippen LogP contribution in [0.25, 0.3) is 11.0 Å². The maximum Gasteiger partial charge on any atom is 0.374 e. The van der Waals surface area contributed by atoms with E-state index in [9.17, 15) is 18.8 Å². The quantitative estimate of drug-likeness (QED) is 0.675. The van der Waals surface area contributed by atoms with E-state index in [1.54, 1.807) is 42.5 Å². The molecule has 1 aromatic heterocycles. The third-order valence-corrected chi connectivity index (χ3v) is 3.84. The van der Waals surface area contributed by atoms with Crippen LogP contribution in [0.1, 0.15) is 16.1 Å². The largest absolute Gasteiger partial charge is 0.450 e. The Kier molecular flexibility index (Phi) is 5.61. The smallest absolute Gasteiger partial charge is 0.374 e. The van der Waals surface area contributed by atoms with Crippen molar-refractivity contribution < 1.29 is 23.1 Å². The van der Waals surface area contributed by atoms with Gasteiger partial charge in [0.05, 0.1) is 5.39 Å². The number of hydrogen-bond acceptors (Lipinski definition) is 5. The van der Waals surface area contributed by atoms with E-state index in [0.29, 0.717) is 17.4 Å². The van der Waals surface area contributed by atoms with Gasteiger partial charge in [0, 0.05) is 12.6 Å². The molecule has 0 radical (unpaired) electrons. The first kappa shape index (κ1) is 18.3. The number of carbonyl (C=O) groups is 2. The van der Waals surface area contributed by atoms with Gasteiger partial charge in [0.25, 0.3) is 5.91 Å². The minimum atomic E-state index is -0.915. The minimum absolute atomic E-state index is 0.197. The number of rotatable bonds is 6. The van der Waals surface area contributed by atoms with Gasteiger partial charge in [-0.05, 0) is 30.2 Å². The first-order valence-corrected chi connectivity index (χ1v) is 8.25. The molecule has 0 saturated heterocycles. The Morgan fingerprint density at radius 3 is 2.63 bits per heavy atom. The van der Waals surface area contributed by atoms with Gasteiger partial charge >= 0.3 is 5.97 Å². The number of hydrogen-bond donors (Lipinski definition) is 1. The number of esters is 1. The molecule has 27 heavy (non-hydrogen) atoms. The number of ether oxygens (including phenoxy) is 1. The summed E-state index contributed by atoms with van der Waals surface area (Å²) in [6.45, 7) is -0.338. The molecule has 7 heteroatoms. The molecule has 0 spiro atoms. The number of nitrogens with one attached hydrogen (secondary N) is 1. The second-order valence-electron chi connectivity index (χ2n) is 5.74. The Hall–Kier alpha value is -3.48. The first-order chi connectivity index (χ1) is 13.0.